The first-order valence-electron chi connectivity index (χ1n) is 10.6. The molecule has 3 aromatic rings. The lowest BCUT2D eigenvalue weighted by atomic mass is 10.1. The first kappa shape index (κ1) is 23.2. The molecule has 0 aliphatic carbocycles. The Balaban J connectivity index is 1.47. The highest BCUT2D eigenvalue weighted by atomic mass is 16.7. The predicted octanol–water partition coefficient (Wildman–Crippen LogP) is 3.01. The first-order valence-corrected chi connectivity index (χ1v) is 10.6. The summed E-state index contributed by atoms with van der Waals surface area (Å²) in [6.45, 7) is -0.336. The number of esters is 3. The van der Waals surface area contributed by atoms with E-state index in [1.54, 1.807) is 91.0 Å². The van der Waals surface area contributed by atoms with Gasteiger partial charge in [0, 0.05) is 0 Å². The van der Waals surface area contributed by atoms with E-state index in [1.807, 2.05) is 0 Å². The molecule has 1 fully saturated rings. The van der Waals surface area contributed by atoms with Gasteiger partial charge in [0.1, 0.15) is 12.7 Å². The minimum Gasteiger partial charge on any atom is -0.459 e. The molecule has 4 rings (SSSR count). The van der Waals surface area contributed by atoms with Gasteiger partial charge in [0.2, 0.25) is 6.29 Å². The van der Waals surface area contributed by atoms with Crippen LogP contribution in [0.2, 0.25) is 0 Å². The predicted molar refractivity (Wildman–Crippen MR) is 119 cm³/mol. The summed E-state index contributed by atoms with van der Waals surface area (Å²) < 4.78 is 21.8. The zero-order valence-corrected chi connectivity index (χ0v) is 18.0. The van der Waals surface area contributed by atoms with Crippen molar-refractivity contribution in [2.45, 2.75) is 24.6 Å². The minimum atomic E-state index is -1.50. The van der Waals surface area contributed by atoms with Crippen LogP contribution >= 0.6 is 0 Å². The van der Waals surface area contributed by atoms with Crippen LogP contribution in [0.4, 0.5) is 0 Å². The van der Waals surface area contributed by atoms with Gasteiger partial charge in [0.15, 0.2) is 12.2 Å². The van der Waals surface area contributed by atoms with E-state index in [4.69, 9.17) is 18.9 Å². The highest BCUT2D eigenvalue weighted by molar-refractivity contribution is 5.90. The van der Waals surface area contributed by atoms with E-state index in [-0.39, 0.29) is 17.7 Å². The maximum Gasteiger partial charge on any atom is 0.340 e. The molecule has 1 heterocycles. The Bertz CT molecular complexity index is 1120. The number of carbonyl (C=O) groups excluding carboxylic acids is 3. The van der Waals surface area contributed by atoms with Crippen LogP contribution in [0.5, 0.6) is 0 Å². The molecule has 1 N–H and O–H groups in total. The van der Waals surface area contributed by atoms with Gasteiger partial charge in [-0.1, -0.05) is 54.6 Å². The molecule has 8 nitrogen and oxygen atoms in total. The van der Waals surface area contributed by atoms with Crippen LogP contribution in [-0.4, -0.2) is 54.2 Å². The Morgan fingerprint density at radius 1 is 0.676 bits per heavy atom. The van der Waals surface area contributed by atoms with E-state index in [0.29, 0.717) is 5.56 Å². The van der Waals surface area contributed by atoms with Crippen molar-refractivity contribution in [3.63, 3.8) is 0 Å². The van der Waals surface area contributed by atoms with Crippen LogP contribution in [0.25, 0.3) is 0 Å². The molecule has 4 atom stereocenters. The van der Waals surface area contributed by atoms with Gasteiger partial charge in [0.05, 0.1) is 16.7 Å². The molecule has 1 saturated heterocycles. The fourth-order valence-electron chi connectivity index (χ4n) is 3.41. The summed E-state index contributed by atoms with van der Waals surface area (Å²) in [4.78, 5) is 37.4. The Kier molecular flexibility index (Phi) is 7.31. The number of rotatable bonds is 7. The van der Waals surface area contributed by atoms with Gasteiger partial charge in [-0.15, -0.1) is 0 Å². The van der Waals surface area contributed by atoms with Crippen molar-refractivity contribution in [2.24, 2.45) is 0 Å². The third kappa shape index (κ3) is 5.48. The molecule has 0 spiro atoms. The van der Waals surface area contributed by atoms with Crippen LogP contribution in [-0.2, 0) is 18.9 Å². The summed E-state index contributed by atoms with van der Waals surface area (Å²) in [7, 11) is 0. The Labute approximate surface area is 195 Å². The number of aliphatic hydroxyl groups is 1. The van der Waals surface area contributed by atoms with Crippen molar-refractivity contribution in [3.05, 3.63) is 108 Å². The van der Waals surface area contributed by atoms with E-state index in [2.05, 4.69) is 0 Å². The number of ether oxygens (including phenoxy) is 4. The maximum absolute atomic E-state index is 12.6. The van der Waals surface area contributed by atoms with Gasteiger partial charge < -0.3 is 24.1 Å². The first-order chi connectivity index (χ1) is 16.5. The number of benzene rings is 3. The van der Waals surface area contributed by atoms with Crippen molar-refractivity contribution < 1.29 is 38.4 Å². The van der Waals surface area contributed by atoms with Gasteiger partial charge in [0.25, 0.3) is 0 Å². The van der Waals surface area contributed by atoms with E-state index < -0.39 is 42.5 Å². The second-order valence-electron chi connectivity index (χ2n) is 7.51. The van der Waals surface area contributed by atoms with Gasteiger partial charge >= 0.3 is 17.9 Å². The van der Waals surface area contributed by atoms with Crippen LogP contribution in [0, 0.1) is 0 Å². The Morgan fingerprint density at radius 2 is 1.12 bits per heavy atom. The lowest BCUT2D eigenvalue weighted by molar-refractivity contribution is -0.139. The van der Waals surface area contributed by atoms with Crippen LogP contribution in [0.3, 0.4) is 0 Å². The van der Waals surface area contributed by atoms with E-state index in [1.165, 1.54) is 0 Å². The molecule has 0 radical (unpaired) electrons. The largest absolute Gasteiger partial charge is 0.459 e. The number of aliphatic hydroxyl groups excluding tert-OH is 1. The SMILES string of the molecule is O=C(OC[C@@H]1O[C@@H](OC(=O)c2ccccc2)C(O)C1OC(=O)c1ccccc1)c1ccccc1. The molecule has 0 saturated carbocycles. The van der Waals surface area contributed by atoms with Gasteiger partial charge in [-0.2, -0.15) is 0 Å². The van der Waals surface area contributed by atoms with E-state index in [0.717, 1.165) is 0 Å². The van der Waals surface area contributed by atoms with Gasteiger partial charge in [-0.3, -0.25) is 0 Å². The normalized spacial score (nSPS) is 21.4. The lowest BCUT2D eigenvalue weighted by Crippen LogP contribution is -2.40. The molecule has 0 aromatic heterocycles. The maximum atomic E-state index is 12.6. The molecule has 174 valence electrons. The monoisotopic (exact) mass is 462 g/mol. The average molecular weight is 462 g/mol. The molecule has 3 aromatic carbocycles. The number of hydrogen-bond donors (Lipinski definition) is 1. The summed E-state index contributed by atoms with van der Waals surface area (Å²) in [5.74, 6) is -2.04. The fraction of sp³-hybridized carbons (Fsp3) is 0.192. The van der Waals surface area contributed by atoms with E-state index >= 15 is 0 Å². The third-order valence-corrected chi connectivity index (χ3v) is 5.16. The molecule has 34 heavy (non-hydrogen) atoms. The zero-order valence-electron chi connectivity index (χ0n) is 18.0. The molecule has 2 unspecified atom stereocenters. The van der Waals surface area contributed by atoms with Crippen molar-refractivity contribution in [3.8, 4) is 0 Å². The quantitative estimate of drug-likeness (QED) is 0.422. The van der Waals surface area contributed by atoms with Crippen molar-refractivity contribution >= 4 is 17.9 Å². The smallest absolute Gasteiger partial charge is 0.340 e. The second kappa shape index (κ2) is 10.7. The van der Waals surface area contributed by atoms with Gasteiger partial charge in [-0.25, -0.2) is 14.4 Å². The highest BCUT2D eigenvalue weighted by Crippen LogP contribution is 2.27. The average Bonchev–Trinajstić information content (AvgIpc) is 3.17. The van der Waals surface area contributed by atoms with Crippen molar-refractivity contribution in [1.82, 2.24) is 0 Å². The van der Waals surface area contributed by atoms with Crippen molar-refractivity contribution in [1.29, 1.82) is 0 Å². The minimum absolute atomic E-state index is 0.259. The molecular formula is C26H22O8. The summed E-state index contributed by atoms with van der Waals surface area (Å²) in [6.07, 6.45) is -5.24. The third-order valence-electron chi connectivity index (χ3n) is 5.16. The zero-order chi connectivity index (χ0) is 23.9. The topological polar surface area (TPSA) is 108 Å². The molecule has 0 bridgehead atoms. The molecule has 8 heteroatoms. The van der Waals surface area contributed by atoms with E-state index in [9.17, 15) is 19.5 Å². The Morgan fingerprint density at radius 3 is 1.62 bits per heavy atom. The molecule has 1 aliphatic heterocycles. The summed E-state index contributed by atoms with van der Waals surface area (Å²) in [5, 5.41) is 10.8. The number of carbonyl (C=O) groups is 3. The lowest BCUT2D eigenvalue weighted by Gasteiger charge is -2.20. The summed E-state index contributed by atoms with van der Waals surface area (Å²) in [6, 6.07) is 24.7. The van der Waals surface area contributed by atoms with Crippen LogP contribution < -0.4 is 0 Å². The van der Waals surface area contributed by atoms with Crippen molar-refractivity contribution in [2.75, 3.05) is 6.61 Å². The molecule has 1 aliphatic rings. The van der Waals surface area contributed by atoms with Crippen LogP contribution in [0.1, 0.15) is 31.1 Å². The summed E-state index contributed by atoms with van der Waals surface area (Å²) >= 11 is 0. The van der Waals surface area contributed by atoms with Crippen LogP contribution in [0.15, 0.2) is 91.0 Å². The second-order valence-corrected chi connectivity index (χ2v) is 7.51. The molecular weight excluding hydrogens is 440 g/mol. The Hall–Kier alpha value is -4.01. The fourth-order valence-corrected chi connectivity index (χ4v) is 3.41. The standard InChI is InChI=1S/C26H22O8/c27-21-22(33-24(29)18-12-6-2-7-13-18)20(16-31-23(28)17-10-4-1-5-11-17)32-26(21)34-25(30)19-14-8-3-9-15-19/h1-15,20-22,26-27H,16H2/t20-,21?,22?,26-/m0/s1. The van der Waals surface area contributed by atoms with Gasteiger partial charge in [-0.05, 0) is 36.4 Å². The molecule has 0 amide bonds. The summed E-state index contributed by atoms with van der Waals surface area (Å²) in [5.41, 5.74) is 0.848. The highest BCUT2D eigenvalue weighted by Gasteiger charge is 2.49. The number of hydrogen-bond acceptors (Lipinski definition) is 8.